The molecule has 1 atom stereocenters. The van der Waals surface area contributed by atoms with Gasteiger partial charge in [0.1, 0.15) is 0 Å². The molecule has 66 valence electrons. The third kappa shape index (κ3) is 1.74. The van der Waals surface area contributed by atoms with E-state index in [2.05, 4.69) is 25.7 Å². The van der Waals surface area contributed by atoms with Gasteiger partial charge in [-0.1, -0.05) is 13.8 Å². The van der Waals surface area contributed by atoms with E-state index in [1.165, 1.54) is 6.42 Å². The fourth-order valence-corrected chi connectivity index (χ4v) is 1.59. The fourth-order valence-electron chi connectivity index (χ4n) is 1.59. The van der Waals surface area contributed by atoms with Crippen LogP contribution in [-0.2, 0) is 0 Å². The molecule has 0 bridgehead atoms. The average molecular weight is 157 g/mol. The van der Waals surface area contributed by atoms with E-state index in [9.17, 15) is 0 Å². The summed E-state index contributed by atoms with van der Waals surface area (Å²) < 4.78 is 0. The first kappa shape index (κ1) is 9.01. The Labute approximate surface area is 69.2 Å². The summed E-state index contributed by atoms with van der Waals surface area (Å²) in [5.74, 6) is 0. The highest BCUT2D eigenvalue weighted by molar-refractivity contribution is 4.92. The molecule has 0 saturated carbocycles. The molecular weight excluding hydrogens is 138 g/mol. The number of rotatable bonds is 3. The molecule has 0 amide bonds. The van der Waals surface area contributed by atoms with E-state index in [1.54, 1.807) is 0 Å². The molecule has 1 unspecified atom stereocenters. The third-order valence-corrected chi connectivity index (χ3v) is 2.91. The van der Waals surface area contributed by atoms with Gasteiger partial charge in [0.15, 0.2) is 0 Å². The summed E-state index contributed by atoms with van der Waals surface area (Å²) in [6, 6.07) is 0.356. The number of hydrogen-bond acceptors (Lipinski definition) is 2. The second kappa shape index (κ2) is 3.11. The smallest absolute Gasteiger partial charge is 0.0584 e. The monoisotopic (exact) mass is 157 g/mol. The maximum absolute atomic E-state index is 8.87. The summed E-state index contributed by atoms with van der Waals surface area (Å²) in [6.07, 6.45) is 1.25. The van der Waals surface area contributed by atoms with Gasteiger partial charge in [-0.2, -0.15) is 0 Å². The quantitative estimate of drug-likeness (QED) is 0.663. The number of aliphatic hydroxyl groups excluding tert-OH is 1. The molecule has 0 aromatic heterocycles. The van der Waals surface area contributed by atoms with E-state index < -0.39 is 0 Å². The van der Waals surface area contributed by atoms with Crippen LogP contribution in [0.1, 0.15) is 27.2 Å². The Morgan fingerprint density at radius 2 is 2.09 bits per heavy atom. The van der Waals surface area contributed by atoms with Crippen molar-refractivity contribution in [2.45, 2.75) is 33.2 Å². The molecule has 1 rings (SSSR count). The number of nitrogens with zero attached hydrogens (tertiary/aromatic N) is 1. The van der Waals surface area contributed by atoms with Gasteiger partial charge < -0.3 is 5.11 Å². The van der Waals surface area contributed by atoms with Gasteiger partial charge in [0.05, 0.1) is 6.61 Å². The Bertz CT molecular complexity index is 130. The van der Waals surface area contributed by atoms with Crippen molar-refractivity contribution in [1.29, 1.82) is 0 Å². The first-order valence-electron chi connectivity index (χ1n) is 4.46. The van der Waals surface area contributed by atoms with Gasteiger partial charge in [0.25, 0.3) is 0 Å². The summed E-state index contributed by atoms with van der Waals surface area (Å²) >= 11 is 0. The van der Waals surface area contributed by atoms with Crippen LogP contribution in [0.3, 0.4) is 0 Å². The normalized spacial score (nSPS) is 26.2. The van der Waals surface area contributed by atoms with Crippen LogP contribution < -0.4 is 0 Å². The van der Waals surface area contributed by atoms with E-state index >= 15 is 0 Å². The van der Waals surface area contributed by atoms with Crippen molar-refractivity contribution in [3.63, 3.8) is 0 Å². The molecule has 0 aromatic rings. The van der Waals surface area contributed by atoms with Gasteiger partial charge in [-0.25, -0.2) is 0 Å². The first-order chi connectivity index (χ1) is 5.11. The lowest BCUT2D eigenvalue weighted by molar-refractivity contribution is -0.0309. The van der Waals surface area contributed by atoms with E-state index in [0.29, 0.717) is 18.1 Å². The predicted molar refractivity (Wildman–Crippen MR) is 46.5 cm³/mol. The maximum atomic E-state index is 8.87. The van der Waals surface area contributed by atoms with Crippen molar-refractivity contribution < 1.29 is 5.11 Å². The van der Waals surface area contributed by atoms with E-state index in [-0.39, 0.29) is 0 Å². The SMILES string of the molecule is CCC1(C)CN(C(C)CO)C1. The molecule has 0 spiro atoms. The average Bonchev–Trinajstić information content (AvgIpc) is 1.97. The minimum atomic E-state index is 0.291. The molecule has 0 aromatic carbocycles. The van der Waals surface area contributed by atoms with Crippen LogP contribution in [0.4, 0.5) is 0 Å². The topological polar surface area (TPSA) is 23.5 Å². The van der Waals surface area contributed by atoms with Gasteiger partial charge in [-0.05, 0) is 18.8 Å². The molecule has 1 fully saturated rings. The van der Waals surface area contributed by atoms with Gasteiger partial charge in [-0.3, -0.25) is 4.90 Å². The first-order valence-corrected chi connectivity index (χ1v) is 4.46. The molecule has 0 aliphatic carbocycles. The van der Waals surface area contributed by atoms with Gasteiger partial charge in [0.2, 0.25) is 0 Å². The highest BCUT2D eigenvalue weighted by Crippen LogP contribution is 2.33. The highest BCUT2D eigenvalue weighted by Gasteiger charge is 2.38. The molecule has 1 aliphatic heterocycles. The lowest BCUT2D eigenvalue weighted by Crippen LogP contribution is -2.58. The lowest BCUT2D eigenvalue weighted by atomic mass is 9.79. The van der Waals surface area contributed by atoms with Gasteiger partial charge in [-0.15, -0.1) is 0 Å². The molecular formula is C9H19NO. The summed E-state index contributed by atoms with van der Waals surface area (Å²) in [6.45, 7) is 9.24. The molecule has 1 saturated heterocycles. The zero-order chi connectivity index (χ0) is 8.48. The standard InChI is InChI=1S/C9H19NO/c1-4-9(3)6-10(7-9)8(2)5-11/h8,11H,4-7H2,1-3H3. The van der Waals surface area contributed by atoms with E-state index in [0.717, 1.165) is 13.1 Å². The van der Waals surface area contributed by atoms with Crippen LogP contribution in [0.25, 0.3) is 0 Å². The van der Waals surface area contributed by atoms with Crippen molar-refractivity contribution in [3.8, 4) is 0 Å². The molecule has 2 heteroatoms. The Balaban J connectivity index is 2.28. The largest absolute Gasteiger partial charge is 0.395 e. The zero-order valence-electron chi connectivity index (χ0n) is 7.80. The number of likely N-dealkylation sites (tertiary alicyclic amines) is 1. The fraction of sp³-hybridized carbons (Fsp3) is 1.00. The summed E-state index contributed by atoms with van der Waals surface area (Å²) in [4.78, 5) is 2.34. The summed E-state index contributed by atoms with van der Waals surface area (Å²) in [5, 5.41) is 8.87. The van der Waals surface area contributed by atoms with Crippen LogP contribution in [0, 0.1) is 5.41 Å². The molecule has 1 heterocycles. The second-order valence-corrected chi connectivity index (χ2v) is 4.10. The molecule has 11 heavy (non-hydrogen) atoms. The zero-order valence-corrected chi connectivity index (χ0v) is 7.80. The minimum Gasteiger partial charge on any atom is -0.395 e. The molecule has 0 radical (unpaired) electrons. The molecule has 2 nitrogen and oxygen atoms in total. The van der Waals surface area contributed by atoms with Gasteiger partial charge >= 0.3 is 0 Å². The van der Waals surface area contributed by atoms with Gasteiger partial charge in [0, 0.05) is 19.1 Å². The Kier molecular flexibility index (Phi) is 2.55. The number of aliphatic hydroxyl groups is 1. The second-order valence-electron chi connectivity index (χ2n) is 4.10. The van der Waals surface area contributed by atoms with Crippen LogP contribution in [0.15, 0.2) is 0 Å². The van der Waals surface area contributed by atoms with Crippen LogP contribution in [-0.4, -0.2) is 35.7 Å². The van der Waals surface area contributed by atoms with E-state index in [4.69, 9.17) is 5.11 Å². The number of hydrogen-bond donors (Lipinski definition) is 1. The summed E-state index contributed by atoms with van der Waals surface area (Å²) in [7, 11) is 0. The molecule has 1 N–H and O–H groups in total. The van der Waals surface area contributed by atoms with E-state index in [1.807, 2.05) is 0 Å². The van der Waals surface area contributed by atoms with Crippen molar-refractivity contribution in [2.24, 2.45) is 5.41 Å². The minimum absolute atomic E-state index is 0.291. The van der Waals surface area contributed by atoms with Crippen molar-refractivity contribution in [2.75, 3.05) is 19.7 Å². The van der Waals surface area contributed by atoms with Crippen molar-refractivity contribution >= 4 is 0 Å². The summed E-state index contributed by atoms with van der Waals surface area (Å²) in [5.41, 5.74) is 0.531. The van der Waals surface area contributed by atoms with Crippen molar-refractivity contribution in [1.82, 2.24) is 4.90 Å². The maximum Gasteiger partial charge on any atom is 0.0584 e. The Morgan fingerprint density at radius 1 is 1.55 bits per heavy atom. The Hall–Kier alpha value is -0.0800. The molecule has 1 aliphatic rings. The lowest BCUT2D eigenvalue weighted by Gasteiger charge is -2.50. The van der Waals surface area contributed by atoms with Crippen LogP contribution in [0.2, 0.25) is 0 Å². The Morgan fingerprint density at radius 3 is 2.45 bits per heavy atom. The third-order valence-electron chi connectivity index (χ3n) is 2.91. The predicted octanol–water partition coefficient (Wildman–Crippen LogP) is 1.10. The van der Waals surface area contributed by atoms with Crippen LogP contribution in [0.5, 0.6) is 0 Å². The highest BCUT2D eigenvalue weighted by atomic mass is 16.3. The van der Waals surface area contributed by atoms with Crippen LogP contribution >= 0.6 is 0 Å². The van der Waals surface area contributed by atoms with Crippen molar-refractivity contribution in [3.05, 3.63) is 0 Å².